The molecule has 1 unspecified atom stereocenters. The number of piperidine rings is 1. The molecule has 7 nitrogen and oxygen atoms in total. The molecule has 0 radical (unpaired) electrons. The Morgan fingerprint density at radius 1 is 1.44 bits per heavy atom. The first-order valence-corrected chi connectivity index (χ1v) is 9.34. The third kappa shape index (κ3) is 3.34. The number of amides is 1. The molecule has 0 spiro atoms. The predicted molar refractivity (Wildman–Crippen MR) is 94.6 cm³/mol. The average Bonchev–Trinajstić information content (AvgIpc) is 3.37. The number of H-pyrrole nitrogens is 1. The Hall–Kier alpha value is -2.48. The topological polar surface area (TPSA) is 79.7 Å². The Morgan fingerprint density at radius 2 is 2.36 bits per heavy atom. The minimum Gasteiger partial charge on any atom is -0.337 e. The largest absolute Gasteiger partial charge is 0.337 e. The first kappa shape index (κ1) is 16.0. The van der Waals surface area contributed by atoms with Gasteiger partial charge in [-0.15, -0.1) is 11.3 Å². The van der Waals surface area contributed by atoms with Crippen molar-refractivity contribution in [2.75, 3.05) is 13.1 Å². The van der Waals surface area contributed by atoms with Crippen LogP contribution in [0.1, 0.15) is 46.5 Å². The molecule has 3 aromatic heterocycles. The summed E-state index contributed by atoms with van der Waals surface area (Å²) in [5, 5.41) is 9.00. The van der Waals surface area contributed by atoms with E-state index in [1.165, 1.54) is 0 Å². The number of rotatable bonds is 4. The maximum absolute atomic E-state index is 12.7. The summed E-state index contributed by atoms with van der Waals surface area (Å²) >= 11 is 1.60. The van der Waals surface area contributed by atoms with Crippen molar-refractivity contribution >= 4 is 17.2 Å². The molecule has 8 heteroatoms. The molecule has 1 aliphatic rings. The molecule has 1 N–H and O–H groups in total. The van der Waals surface area contributed by atoms with E-state index in [1.54, 1.807) is 17.4 Å². The van der Waals surface area contributed by atoms with Crippen molar-refractivity contribution in [3.05, 3.63) is 52.3 Å². The van der Waals surface area contributed by atoms with Crippen LogP contribution in [0.25, 0.3) is 0 Å². The van der Waals surface area contributed by atoms with E-state index in [0.717, 1.165) is 43.1 Å². The number of aromatic amines is 1. The van der Waals surface area contributed by atoms with Crippen LogP contribution in [0.2, 0.25) is 0 Å². The van der Waals surface area contributed by atoms with Crippen LogP contribution >= 0.6 is 11.3 Å². The lowest BCUT2D eigenvalue weighted by molar-refractivity contribution is 0.0697. The van der Waals surface area contributed by atoms with E-state index in [4.69, 9.17) is 0 Å². The molecule has 1 amide bonds. The van der Waals surface area contributed by atoms with Crippen molar-refractivity contribution in [3.8, 4) is 0 Å². The first-order chi connectivity index (χ1) is 12.2. The molecule has 25 heavy (non-hydrogen) atoms. The number of imidazole rings is 1. The highest BCUT2D eigenvalue weighted by atomic mass is 32.1. The zero-order chi connectivity index (χ0) is 17.2. The number of nitrogens with zero attached hydrogens (tertiary/aromatic N) is 5. The van der Waals surface area contributed by atoms with Crippen LogP contribution in [-0.2, 0) is 6.54 Å². The SMILES string of the molecule is Cc1cc(C(=O)N2CCCC(c3nccn3Cc3cscn3)C2)n[nH]1. The number of aryl methyl sites for hydroxylation is 1. The van der Waals surface area contributed by atoms with Crippen molar-refractivity contribution in [3.63, 3.8) is 0 Å². The molecule has 3 aromatic rings. The van der Waals surface area contributed by atoms with Crippen molar-refractivity contribution in [2.24, 2.45) is 0 Å². The van der Waals surface area contributed by atoms with Gasteiger partial charge in [0.1, 0.15) is 11.5 Å². The van der Waals surface area contributed by atoms with Gasteiger partial charge in [-0.1, -0.05) is 0 Å². The quantitative estimate of drug-likeness (QED) is 0.779. The molecule has 4 rings (SSSR count). The van der Waals surface area contributed by atoms with Crippen molar-refractivity contribution in [1.29, 1.82) is 0 Å². The van der Waals surface area contributed by atoms with Gasteiger partial charge in [0.05, 0.1) is 17.7 Å². The molecule has 1 aliphatic heterocycles. The summed E-state index contributed by atoms with van der Waals surface area (Å²) in [6.45, 7) is 4.08. The van der Waals surface area contributed by atoms with E-state index in [9.17, 15) is 4.79 Å². The van der Waals surface area contributed by atoms with Gasteiger partial charge < -0.3 is 9.47 Å². The third-order valence-electron chi connectivity index (χ3n) is 4.56. The van der Waals surface area contributed by atoms with Gasteiger partial charge in [0.25, 0.3) is 5.91 Å². The Labute approximate surface area is 149 Å². The third-order valence-corrected chi connectivity index (χ3v) is 5.20. The molecular formula is C17H20N6OS. The summed E-state index contributed by atoms with van der Waals surface area (Å²) in [6, 6.07) is 1.80. The molecule has 0 bridgehead atoms. The maximum Gasteiger partial charge on any atom is 0.274 e. The van der Waals surface area contributed by atoms with Crippen LogP contribution in [0.15, 0.2) is 29.4 Å². The second-order valence-electron chi connectivity index (χ2n) is 6.42. The molecular weight excluding hydrogens is 336 g/mol. The van der Waals surface area contributed by atoms with Gasteiger partial charge in [-0.3, -0.25) is 9.89 Å². The van der Waals surface area contributed by atoms with E-state index >= 15 is 0 Å². The highest BCUT2D eigenvalue weighted by Crippen LogP contribution is 2.27. The number of hydrogen-bond donors (Lipinski definition) is 1. The molecule has 1 saturated heterocycles. The number of hydrogen-bond acceptors (Lipinski definition) is 5. The summed E-state index contributed by atoms with van der Waals surface area (Å²) in [7, 11) is 0. The zero-order valence-electron chi connectivity index (χ0n) is 14.1. The van der Waals surface area contributed by atoms with E-state index in [1.807, 2.05) is 29.7 Å². The van der Waals surface area contributed by atoms with Gasteiger partial charge in [-0.2, -0.15) is 5.10 Å². The molecule has 0 aliphatic carbocycles. The van der Waals surface area contributed by atoms with Crippen LogP contribution in [0.3, 0.4) is 0 Å². The maximum atomic E-state index is 12.7. The summed E-state index contributed by atoms with van der Waals surface area (Å²) < 4.78 is 2.15. The highest BCUT2D eigenvalue weighted by Gasteiger charge is 2.29. The highest BCUT2D eigenvalue weighted by molar-refractivity contribution is 7.07. The fourth-order valence-electron chi connectivity index (χ4n) is 3.37. The standard InChI is InChI=1S/C17H20N6OS/c1-12-7-15(21-20-12)17(24)23-5-2-3-13(8-23)16-18-4-6-22(16)9-14-10-25-11-19-14/h4,6-7,10-11,13H,2-3,5,8-9H2,1H3,(H,20,21). The molecule has 0 aromatic carbocycles. The number of carbonyl (C=O) groups is 1. The van der Waals surface area contributed by atoms with Gasteiger partial charge >= 0.3 is 0 Å². The Morgan fingerprint density at radius 3 is 3.12 bits per heavy atom. The monoisotopic (exact) mass is 356 g/mol. The minimum atomic E-state index is -0.00772. The lowest BCUT2D eigenvalue weighted by Crippen LogP contribution is -2.40. The molecule has 1 atom stereocenters. The number of likely N-dealkylation sites (tertiary alicyclic amines) is 1. The first-order valence-electron chi connectivity index (χ1n) is 8.40. The van der Waals surface area contributed by atoms with Crippen LogP contribution in [-0.4, -0.2) is 48.6 Å². The van der Waals surface area contributed by atoms with E-state index < -0.39 is 0 Å². The number of nitrogens with one attached hydrogen (secondary N) is 1. The average molecular weight is 356 g/mol. The van der Waals surface area contributed by atoms with Crippen LogP contribution in [0.5, 0.6) is 0 Å². The molecule has 130 valence electrons. The number of aromatic nitrogens is 5. The van der Waals surface area contributed by atoms with Crippen molar-refractivity contribution in [1.82, 2.24) is 29.6 Å². The fourth-order valence-corrected chi connectivity index (χ4v) is 3.92. The van der Waals surface area contributed by atoms with Crippen molar-refractivity contribution in [2.45, 2.75) is 32.2 Å². The van der Waals surface area contributed by atoms with E-state index in [-0.39, 0.29) is 11.8 Å². The Balaban J connectivity index is 1.50. The van der Waals surface area contributed by atoms with Crippen LogP contribution < -0.4 is 0 Å². The Bertz CT molecular complexity index is 852. The molecule has 0 saturated carbocycles. The number of thiazole rings is 1. The molecule has 1 fully saturated rings. The fraction of sp³-hybridized carbons (Fsp3) is 0.412. The van der Waals surface area contributed by atoms with Gasteiger partial charge in [0, 0.05) is 42.5 Å². The number of carbonyl (C=O) groups excluding carboxylic acids is 1. The minimum absolute atomic E-state index is 0.00772. The Kier molecular flexibility index (Phi) is 4.35. The normalized spacial score (nSPS) is 17.8. The second-order valence-corrected chi connectivity index (χ2v) is 7.14. The van der Waals surface area contributed by atoms with Crippen molar-refractivity contribution < 1.29 is 4.79 Å². The van der Waals surface area contributed by atoms with Crippen LogP contribution in [0.4, 0.5) is 0 Å². The van der Waals surface area contributed by atoms with E-state index in [0.29, 0.717) is 12.2 Å². The zero-order valence-corrected chi connectivity index (χ0v) is 14.9. The smallest absolute Gasteiger partial charge is 0.274 e. The van der Waals surface area contributed by atoms with E-state index in [2.05, 4.69) is 30.1 Å². The molecule has 4 heterocycles. The predicted octanol–water partition coefficient (Wildman–Crippen LogP) is 2.44. The summed E-state index contributed by atoms with van der Waals surface area (Å²) in [5.74, 6) is 1.27. The summed E-state index contributed by atoms with van der Waals surface area (Å²) in [5.41, 5.74) is 4.28. The summed E-state index contributed by atoms with van der Waals surface area (Å²) in [6.07, 6.45) is 5.84. The lowest BCUT2D eigenvalue weighted by Gasteiger charge is -2.32. The summed E-state index contributed by atoms with van der Waals surface area (Å²) in [4.78, 5) is 23.5. The van der Waals surface area contributed by atoms with Crippen LogP contribution in [0, 0.1) is 6.92 Å². The van der Waals surface area contributed by atoms with Gasteiger partial charge in [0.2, 0.25) is 0 Å². The van der Waals surface area contributed by atoms with Gasteiger partial charge in [-0.05, 0) is 25.8 Å². The second kappa shape index (κ2) is 6.79. The van der Waals surface area contributed by atoms with Gasteiger partial charge in [0.15, 0.2) is 0 Å². The lowest BCUT2D eigenvalue weighted by atomic mass is 9.96. The van der Waals surface area contributed by atoms with Gasteiger partial charge in [-0.25, -0.2) is 9.97 Å².